The first-order chi connectivity index (χ1) is 13.8. The van der Waals surface area contributed by atoms with Gasteiger partial charge in [-0.1, -0.05) is 32.9 Å². The fourth-order valence-corrected chi connectivity index (χ4v) is 3.82. The number of ether oxygens (including phenoxy) is 1. The molecule has 6 nitrogen and oxygen atoms in total. The summed E-state index contributed by atoms with van der Waals surface area (Å²) in [5.74, 6) is 1.22. The number of hydrogen-bond donors (Lipinski definition) is 3. The van der Waals surface area contributed by atoms with E-state index in [1.165, 1.54) is 6.42 Å². The zero-order valence-electron chi connectivity index (χ0n) is 19.1. The summed E-state index contributed by atoms with van der Waals surface area (Å²) in [7, 11) is 0. The van der Waals surface area contributed by atoms with Crippen LogP contribution in [-0.4, -0.2) is 44.2 Å². The first-order valence-corrected chi connectivity index (χ1v) is 10.9. The lowest BCUT2D eigenvalue weighted by molar-refractivity contribution is -0.0835. The van der Waals surface area contributed by atoms with Crippen molar-refractivity contribution in [3.63, 3.8) is 0 Å². The Morgan fingerprint density at radius 3 is 2.57 bits per heavy atom. The molecule has 1 aliphatic heterocycles. The number of nitrogens with one attached hydrogen (secondary N) is 3. The van der Waals surface area contributed by atoms with E-state index in [0.717, 1.165) is 37.6 Å². The van der Waals surface area contributed by atoms with Crippen molar-refractivity contribution in [1.82, 2.24) is 16.0 Å². The Bertz CT molecular complexity index is 688. The van der Waals surface area contributed by atoms with Crippen LogP contribution in [0.25, 0.3) is 0 Å². The molecule has 30 heavy (non-hydrogen) atoms. The van der Waals surface area contributed by atoms with Gasteiger partial charge in [-0.05, 0) is 49.8 Å². The molecule has 0 aliphatic carbocycles. The average molecular weight is 530 g/mol. The molecule has 0 radical (unpaired) electrons. The Morgan fingerprint density at radius 1 is 1.17 bits per heavy atom. The number of rotatable bonds is 7. The summed E-state index contributed by atoms with van der Waals surface area (Å²) in [5.41, 5.74) is 1.81. The second kappa shape index (κ2) is 13.1. The van der Waals surface area contributed by atoms with E-state index in [-0.39, 0.29) is 41.4 Å². The maximum Gasteiger partial charge on any atom is 0.251 e. The van der Waals surface area contributed by atoms with Crippen molar-refractivity contribution in [2.24, 2.45) is 16.3 Å². The van der Waals surface area contributed by atoms with E-state index in [1.807, 2.05) is 31.2 Å². The number of nitrogens with zero attached hydrogens (tertiary/aromatic N) is 1. The summed E-state index contributed by atoms with van der Waals surface area (Å²) in [6.07, 6.45) is 2.53. The number of carbonyl (C=O) groups excluding carboxylic acids is 1. The van der Waals surface area contributed by atoms with Crippen LogP contribution in [-0.2, 0) is 11.3 Å². The molecule has 1 fully saturated rings. The second-order valence-corrected chi connectivity index (χ2v) is 8.70. The van der Waals surface area contributed by atoms with Crippen LogP contribution in [0.2, 0.25) is 0 Å². The van der Waals surface area contributed by atoms with Gasteiger partial charge in [0, 0.05) is 37.7 Å². The lowest BCUT2D eigenvalue weighted by Gasteiger charge is -2.40. The van der Waals surface area contributed by atoms with Gasteiger partial charge in [0.05, 0.1) is 12.6 Å². The Hall–Kier alpha value is -1.35. The molecule has 2 unspecified atom stereocenters. The normalized spacial score (nSPS) is 19.6. The van der Waals surface area contributed by atoms with Crippen molar-refractivity contribution < 1.29 is 9.53 Å². The molecule has 0 spiro atoms. The average Bonchev–Trinajstić information content (AvgIpc) is 2.70. The van der Waals surface area contributed by atoms with Crippen LogP contribution >= 0.6 is 24.0 Å². The third-order valence-electron chi connectivity index (χ3n) is 5.12. The van der Waals surface area contributed by atoms with E-state index in [2.05, 4.69) is 43.6 Å². The maximum atomic E-state index is 12.0. The molecular weight excluding hydrogens is 491 g/mol. The SMILES string of the molecule is CCNC(=O)c1cccc(CN=C(NCC)NCC2CCCOC2C(C)(C)C)c1.I. The van der Waals surface area contributed by atoms with Crippen LogP contribution in [0.5, 0.6) is 0 Å². The number of halogens is 1. The van der Waals surface area contributed by atoms with Crippen LogP contribution in [0.3, 0.4) is 0 Å². The molecule has 1 aromatic carbocycles. The standard InChI is InChI=1S/C23H38N4O2.HI/c1-6-24-21(28)18-11-8-10-17(14-18)15-26-22(25-7-2)27-16-19-12-9-13-29-20(19)23(3,4)5;/h8,10-11,14,19-20H,6-7,9,12-13,15-16H2,1-5H3,(H,24,28)(H2,25,26,27);1H. The van der Waals surface area contributed by atoms with Crippen LogP contribution < -0.4 is 16.0 Å². The lowest BCUT2D eigenvalue weighted by Crippen LogP contribution is -2.47. The number of aliphatic imine (C=N–C) groups is 1. The fourth-order valence-electron chi connectivity index (χ4n) is 3.82. The number of carbonyl (C=O) groups is 1. The maximum absolute atomic E-state index is 12.0. The second-order valence-electron chi connectivity index (χ2n) is 8.70. The van der Waals surface area contributed by atoms with Gasteiger partial charge in [-0.25, -0.2) is 4.99 Å². The third kappa shape index (κ3) is 8.41. The summed E-state index contributed by atoms with van der Waals surface area (Å²) >= 11 is 0. The quantitative estimate of drug-likeness (QED) is 0.284. The van der Waals surface area contributed by atoms with E-state index in [9.17, 15) is 4.79 Å². The predicted molar refractivity (Wildman–Crippen MR) is 135 cm³/mol. The Kier molecular flexibility index (Phi) is 11.7. The molecule has 0 aromatic heterocycles. The number of benzene rings is 1. The molecule has 1 aliphatic rings. The molecular formula is C23H39IN4O2. The monoisotopic (exact) mass is 530 g/mol. The summed E-state index contributed by atoms with van der Waals surface area (Å²) in [4.78, 5) is 16.8. The summed E-state index contributed by atoms with van der Waals surface area (Å²) in [5, 5.41) is 9.66. The lowest BCUT2D eigenvalue weighted by atomic mass is 9.78. The van der Waals surface area contributed by atoms with Crippen LogP contribution in [0.15, 0.2) is 29.3 Å². The molecule has 2 rings (SSSR count). The van der Waals surface area contributed by atoms with Gasteiger partial charge in [-0.3, -0.25) is 4.79 Å². The highest BCUT2D eigenvalue weighted by Gasteiger charge is 2.35. The van der Waals surface area contributed by atoms with Crippen molar-refractivity contribution in [1.29, 1.82) is 0 Å². The number of guanidine groups is 1. The van der Waals surface area contributed by atoms with E-state index >= 15 is 0 Å². The van der Waals surface area contributed by atoms with E-state index in [4.69, 9.17) is 9.73 Å². The van der Waals surface area contributed by atoms with Gasteiger partial charge in [0.1, 0.15) is 0 Å². The Labute approximate surface area is 199 Å². The van der Waals surface area contributed by atoms with Crippen molar-refractivity contribution in [2.45, 2.75) is 60.1 Å². The molecule has 170 valence electrons. The summed E-state index contributed by atoms with van der Waals surface area (Å²) < 4.78 is 6.09. The minimum atomic E-state index is -0.0473. The summed E-state index contributed by atoms with van der Waals surface area (Å²) in [6, 6.07) is 7.64. The topological polar surface area (TPSA) is 74.8 Å². The Morgan fingerprint density at radius 2 is 1.90 bits per heavy atom. The molecule has 1 heterocycles. The molecule has 3 N–H and O–H groups in total. The molecule has 7 heteroatoms. The molecule has 0 saturated carbocycles. The summed E-state index contributed by atoms with van der Waals surface area (Å²) in [6.45, 7) is 14.4. The Balaban J connectivity index is 0.00000450. The third-order valence-corrected chi connectivity index (χ3v) is 5.12. The zero-order chi connectivity index (χ0) is 21.3. The smallest absolute Gasteiger partial charge is 0.251 e. The van der Waals surface area contributed by atoms with Crippen molar-refractivity contribution >= 4 is 35.8 Å². The first kappa shape index (κ1) is 26.7. The fraction of sp³-hybridized carbons (Fsp3) is 0.652. The highest BCUT2D eigenvalue weighted by atomic mass is 127. The first-order valence-electron chi connectivity index (χ1n) is 10.9. The van der Waals surface area contributed by atoms with Crippen molar-refractivity contribution in [3.05, 3.63) is 35.4 Å². The van der Waals surface area contributed by atoms with Gasteiger partial charge in [0.15, 0.2) is 5.96 Å². The van der Waals surface area contributed by atoms with Crippen LogP contribution in [0, 0.1) is 11.3 Å². The number of amides is 1. The highest BCUT2D eigenvalue weighted by molar-refractivity contribution is 14.0. The zero-order valence-corrected chi connectivity index (χ0v) is 21.4. The van der Waals surface area contributed by atoms with E-state index in [0.29, 0.717) is 24.6 Å². The van der Waals surface area contributed by atoms with Crippen molar-refractivity contribution in [3.8, 4) is 0 Å². The van der Waals surface area contributed by atoms with Gasteiger partial charge < -0.3 is 20.7 Å². The van der Waals surface area contributed by atoms with E-state index in [1.54, 1.807) is 0 Å². The van der Waals surface area contributed by atoms with E-state index < -0.39 is 0 Å². The van der Waals surface area contributed by atoms with Gasteiger partial charge in [0.25, 0.3) is 5.91 Å². The van der Waals surface area contributed by atoms with Gasteiger partial charge >= 0.3 is 0 Å². The van der Waals surface area contributed by atoms with Crippen molar-refractivity contribution in [2.75, 3.05) is 26.2 Å². The van der Waals surface area contributed by atoms with Gasteiger partial charge in [-0.2, -0.15) is 0 Å². The molecule has 1 amide bonds. The predicted octanol–water partition coefficient (Wildman–Crippen LogP) is 3.95. The number of hydrogen-bond acceptors (Lipinski definition) is 3. The molecule has 0 bridgehead atoms. The minimum Gasteiger partial charge on any atom is -0.377 e. The van der Waals surface area contributed by atoms with Gasteiger partial charge in [0.2, 0.25) is 0 Å². The minimum absolute atomic E-state index is 0. The molecule has 1 aromatic rings. The highest BCUT2D eigenvalue weighted by Crippen LogP contribution is 2.33. The van der Waals surface area contributed by atoms with Crippen LogP contribution in [0.1, 0.15) is 63.4 Å². The molecule has 1 saturated heterocycles. The molecule has 2 atom stereocenters. The largest absolute Gasteiger partial charge is 0.377 e. The van der Waals surface area contributed by atoms with Gasteiger partial charge in [-0.15, -0.1) is 24.0 Å². The van der Waals surface area contributed by atoms with Crippen LogP contribution in [0.4, 0.5) is 0 Å².